The van der Waals surface area contributed by atoms with E-state index in [-0.39, 0.29) is 92.3 Å². The molecule has 490 valence electrons. The summed E-state index contributed by atoms with van der Waals surface area (Å²) in [5, 5.41) is 9.36. The summed E-state index contributed by atoms with van der Waals surface area (Å²) in [6, 6.07) is 45.4. The molecule has 11 rings (SSSR count). The zero-order chi connectivity index (χ0) is 67.5. The lowest BCUT2D eigenvalue weighted by molar-refractivity contribution is -0.123. The smallest absolute Gasteiger partial charge is 0.387 e. The standard InChI is InChI=1S/C24H18F4N2O5S.C22H20N2O6S.C19H21N3O4S/c25-23(26)34-18-10-6-15(7-11-18)14-30-22(31)20(21(36(30,32)33)16-4-2-1-3-5-16)29-17-8-12-19(13-9-17)35-24(27)28;1-14(25)19-13-16-12-17(8-9-18(16)30-19)23-20-21(15-6-4-3-5-7-15)31(27,28)24(22(20)26)10-11-29-2;1-3-4-12-22-19(23)17(21-15-10-11-16(26-2)20-13-15)18(27(22,24)25)14-8-6-5-7-9-14/h1-13,23-24,29H,14H2;3-9,12-13,23H,10-11H2,1-2H3;5-11,13,21H,3-4,12H2,1-2H3. The molecule has 2 aromatic heterocycles. The number of methoxy groups -OCH3 is 2. The number of carbonyl (C=O) groups is 4. The van der Waals surface area contributed by atoms with Gasteiger partial charge in [0.2, 0.25) is 5.88 Å². The molecule has 0 saturated carbocycles. The average Bonchev–Trinajstić information content (AvgIpc) is 1.61. The first-order valence-electron chi connectivity index (χ1n) is 28.5. The molecule has 3 aliphatic heterocycles. The number of hydrogen-bond donors (Lipinski definition) is 3. The van der Waals surface area contributed by atoms with E-state index in [1.807, 2.05) is 6.92 Å². The van der Waals surface area contributed by atoms with E-state index in [1.165, 1.54) is 88.0 Å². The summed E-state index contributed by atoms with van der Waals surface area (Å²) in [7, 11) is -9.38. The van der Waals surface area contributed by atoms with E-state index in [9.17, 15) is 62.0 Å². The van der Waals surface area contributed by atoms with E-state index in [4.69, 9.17) is 13.9 Å². The third-order valence-corrected chi connectivity index (χ3v) is 19.7. The molecular weight excluding hydrogens is 1290 g/mol. The first-order valence-corrected chi connectivity index (χ1v) is 32.8. The Kier molecular flexibility index (Phi) is 21.3. The zero-order valence-electron chi connectivity index (χ0n) is 50.4. The fourth-order valence-electron chi connectivity index (χ4n) is 9.73. The number of ether oxygens (including phenoxy) is 4. The van der Waals surface area contributed by atoms with Crippen LogP contribution in [0.15, 0.2) is 204 Å². The SMILES string of the molecule is CCCCN1C(=O)C(Nc2ccc(OC)nc2)=C(c2ccccc2)S1(=O)=O.COCCN1C(=O)C(Nc2ccc3oc(C(C)=O)cc3c2)=C(c2ccccc2)S1(=O)=O.O=C1C(Nc2ccc(OC(F)F)cc2)=C(c2ccccc2)S(=O)(=O)N1Cc1ccc(OC(F)F)cc1. The number of nitrogens with one attached hydrogen (secondary N) is 3. The van der Waals surface area contributed by atoms with Gasteiger partial charge in [-0.25, -0.2) is 43.2 Å². The molecule has 3 N–H and O–H groups in total. The lowest BCUT2D eigenvalue weighted by Gasteiger charge is -2.17. The van der Waals surface area contributed by atoms with Gasteiger partial charge in [0.15, 0.2) is 11.5 Å². The number of unbranched alkanes of at least 4 members (excludes halogenated alkanes) is 1. The van der Waals surface area contributed by atoms with Crippen molar-refractivity contribution >= 4 is 96.3 Å². The van der Waals surface area contributed by atoms with Crippen LogP contribution in [0.2, 0.25) is 0 Å². The van der Waals surface area contributed by atoms with Crippen LogP contribution in [0.1, 0.15) is 59.5 Å². The van der Waals surface area contributed by atoms with Gasteiger partial charge in [-0.05, 0) is 95.4 Å². The molecule has 0 bridgehead atoms. The minimum Gasteiger partial charge on any atom is -0.481 e. The number of fused-ring (bicyclic) bond motifs is 1. The van der Waals surface area contributed by atoms with Gasteiger partial charge in [-0.1, -0.05) is 116 Å². The molecule has 0 unspecified atom stereocenters. The Balaban J connectivity index is 0.000000168. The maximum atomic E-state index is 13.5. The summed E-state index contributed by atoms with van der Waals surface area (Å²) in [6.45, 7) is -2.90. The number of anilines is 3. The van der Waals surface area contributed by atoms with Crippen molar-refractivity contribution in [3.05, 3.63) is 227 Å². The van der Waals surface area contributed by atoms with Crippen molar-refractivity contribution in [1.82, 2.24) is 17.9 Å². The quantitative estimate of drug-likeness (QED) is 0.0396. The van der Waals surface area contributed by atoms with Crippen molar-refractivity contribution in [2.45, 2.75) is 46.5 Å². The number of nitrogens with zero attached hydrogens (tertiary/aromatic N) is 4. The summed E-state index contributed by atoms with van der Waals surface area (Å²) in [6.07, 6.45) is 2.87. The van der Waals surface area contributed by atoms with Crippen molar-refractivity contribution in [3.8, 4) is 17.4 Å². The summed E-state index contributed by atoms with van der Waals surface area (Å²) in [5.74, 6) is -1.85. The number of pyridine rings is 1. The summed E-state index contributed by atoms with van der Waals surface area (Å²) in [4.78, 5) is 54.6. The van der Waals surface area contributed by atoms with Crippen molar-refractivity contribution in [2.75, 3.05) is 49.9 Å². The number of rotatable bonds is 23. The normalized spacial score (nSPS) is 15.5. The van der Waals surface area contributed by atoms with Crippen LogP contribution < -0.4 is 30.2 Å². The summed E-state index contributed by atoms with van der Waals surface area (Å²) >= 11 is 0. The van der Waals surface area contributed by atoms with Crippen molar-refractivity contribution in [2.24, 2.45) is 0 Å². The highest BCUT2D eigenvalue weighted by molar-refractivity contribution is 8.00. The van der Waals surface area contributed by atoms with Crippen LogP contribution in [0.4, 0.5) is 34.6 Å². The number of benzene rings is 6. The number of alkyl halides is 4. The number of aromatic nitrogens is 1. The van der Waals surface area contributed by atoms with Crippen LogP contribution >= 0.6 is 0 Å². The molecule has 5 heterocycles. The van der Waals surface area contributed by atoms with Gasteiger partial charge in [0.25, 0.3) is 47.8 Å². The van der Waals surface area contributed by atoms with Crippen LogP contribution in [0.25, 0.3) is 25.7 Å². The fraction of sp³-hybridized carbons (Fsp3) is 0.185. The number of ketones is 1. The summed E-state index contributed by atoms with van der Waals surface area (Å²) in [5.41, 5.74) is 3.01. The number of hydrogen-bond acceptors (Lipinski definition) is 19. The predicted octanol–water partition coefficient (Wildman–Crippen LogP) is 11.1. The second-order valence-corrected chi connectivity index (χ2v) is 25.8. The van der Waals surface area contributed by atoms with E-state index < -0.39 is 61.0 Å². The van der Waals surface area contributed by atoms with Gasteiger partial charge in [-0.3, -0.25) is 19.2 Å². The highest BCUT2D eigenvalue weighted by Gasteiger charge is 2.47. The molecule has 22 nitrogen and oxygen atoms in total. The minimum atomic E-state index is -4.32. The molecule has 0 atom stereocenters. The van der Waals surface area contributed by atoms with Crippen molar-refractivity contribution < 1.29 is 85.4 Å². The highest BCUT2D eigenvalue weighted by atomic mass is 32.2. The van der Waals surface area contributed by atoms with Crippen molar-refractivity contribution in [1.29, 1.82) is 0 Å². The fourth-order valence-corrected chi connectivity index (χ4v) is 14.8. The van der Waals surface area contributed by atoms with E-state index in [2.05, 4.69) is 30.4 Å². The molecule has 3 aliphatic rings. The minimum absolute atomic E-state index is 0.0139. The molecule has 29 heteroatoms. The Bertz CT molecular complexity index is 4550. The Hall–Kier alpha value is -10.4. The molecule has 0 saturated heterocycles. The van der Waals surface area contributed by atoms with Gasteiger partial charge >= 0.3 is 13.2 Å². The molecular formula is C65H59F4N7O15S3. The Labute approximate surface area is 537 Å². The number of furan rings is 1. The highest BCUT2D eigenvalue weighted by Crippen LogP contribution is 2.40. The van der Waals surface area contributed by atoms with Gasteiger partial charge in [0.1, 0.15) is 48.9 Å². The first-order chi connectivity index (χ1) is 45.0. The molecule has 0 spiro atoms. The molecule has 3 amide bonds. The molecule has 8 aromatic rings. The maximum absolute atomic E-state index is 13.5. The first kappa shape index (κ1) is 68.0. The van der Waals surface area contributed by atoms with E-state index in [1.54, 1.807) is 115 Å². The van der Waals surface area contributed by atoms with Gasteiger partial charge in [-0.2, -0.15) is 17.6 Å². The van der Waals surface area contributed by atoms with Crippen LogP contribution in [0, 0.1) is 0 Å². The number of carbonyl (C=O) groups excluding carboxylic acids is 4. The Morgan fingerprint density at radius 3 is 1.43 bits per heavy atom. The van der Waals surface area contributed by atoms with Gasteiger partial charge in [0.05, 0.1) is 38.7 Å². The van der Waals surface area contributed by atoms with Crippen LogP contribution in [-0.2, 0) is 55.7 Å². The molecule has 94 heavy (non-hydrogen) atoms. The maximum Gasteiger partial charge on any atom is 0.387 e. The number of amides is 3. The number of halogens is 4. The van der Waals surface area contributed by atoms with Crippen LogP contribution in [0.3, 0.4) is 0 Å². The Morgan fingerprint density at radius 2 is 0.979 bits per heavy atom. The van der Waals surface area contributed by atoms with Crippen LogP contribution in [0.5, 0.6) is 17.4 Å². The lowest BCUT2D eigenvalue weighted by Crippen LogP contribution is -2.35. The molecule has 6 aromatic carbocycles. The van der Waals surface area contributed by atoms with Crippen molar-refractivity contribution in [3.63, 3.8) is 0 Å². The topological polar surface area (TPSA) is 279 Å². The predicted molar refractivity (Wildman–Crippen MR) is 342 cm³/mol. The number of Topliss-reactive ketones (excluding diaryl/α,β-unsaturated/α-hetero) is 1. The monoisotopic (exact) mass is 1350 g/mol. The lowest BCUT2D eigenvalue weighted by atomic mass is 10.1. The Morgan fingerprint density at radius 1 is 0.543 bits per heavy atom. The molecule has 0 aliphatic carbocycles. The average molecular weight is 1350 g/mol. The second kappa shape index (κ2) is 29.5. The van der Waals surface area contributed by atoms with E-state index in [0.717, 1.165) is 15.0 Å². The zero-order valence-corrected chi connectivity index (χ0v) is 52.8. The van der Waals surface area contributed by atoms with E-state index >= 15 is 0 Å². The van der Waals surface area contributed by atoms with Gasteiger partial charge < -0.3 is 39.3 Å². The third-order valence-electron chi connectivity index (χ3n) is 14.1. The number of sulfonamides is 3. The van der Waals surface area contributed by atoms with Crippen LogP contribution in [-0.4, -0.2) is 114 Å². The second-order valence-electron chi connectivity index (χ2n) is 20.4. The third kappa shape index (κ3) is 15.2. The van der Waals surface area contributed by atoms with Gasteiger partial charge in [-0.15, -0.1) is 0 Å². The largest absolute Gasteiger partial charge is 0.481 e. The van der Waals surface area contributed by atoms with E-state index in [0.29, 0.717) is 55.6 Å². The molecule has 0 fully saturated rings. The molecule has 0 radical (unpaired) electrons. The summed E-state index contributed by atoms with van der Waals surface area (Å²) < 4.78 is 156. The van der Waals surface area contributed by atoms with Gasteiger partial charge in [0, 0.05) is 43.4 Å².